The fourth-order valence-corrected chi connectivity index (χ4v) is 3.44. The van der Waals surface area contributed by atoms with E-state index in [0.29, 0.717) is 5.69 Å². The summed E-state index contributed by atoms with van der Waals surface area (Å²) >= 11 is 0. The van der Waals surface area contributed by atoms with Crippen molar-refractivity contribution in [3.8, 4) is 5.75 Å². The summed E-state index contributed by atoms with van der Waals surface area (Å²) in [5, 5.41) is 14.9. The first-order valence-corrected chi connectivity index (χ1v) is 9.47. The lowest BCUT2D eigenvalue weighted by Crippen LogP contribution is -2.35. The summed E-state index contributed by atoms with van der Waals surface area (Å²) in [6, 6.07) is 10.4. The lowest BCUT2D eigenvalue weighted by molar-refractivity contribution is -0.116. The topological polar surface area (TPSA) is 116 Å². The summed E-state index contributed by atoms with van der Waals surface area (Å²) < 4.78 is 26.1. The molecular weight excluding hydrogens is 370 g/mol. The van der Waals surface area contributed by atoms with Crippen molar-refractivity contribution in [2.24, 2.45) is 0 Å². The minimum absolute atomic E-state index is 0.00918. The van der Waals surface area contributed by atoms with E-state index in [9.17, 15) is 23.1 Å². The molecule has 0 fully saturated rings. The molecule has 2 amide bonds. The van der Waals surface area contributed by atoms with Crippen LogP contribution in [0.5, 0.6) is 5.75 Å². The summed E-state index contributed by atoms with van der Waals surface area (Å²) in [7, 11) is -2.61. The Labute approximate surface area is 157 Å². The van der Waals surface area contributed by atoms with Gasteiger partial charge in [0.25, 0.3) is 0 Å². The number of phenols is 1. The first-order valence-electron chi connectivity index (χ1n) is 8.03. The number of nitrogens with one attached hydrogen (secondary N) is 2. The molecule has 0 atom stereocenters. The van der Waals surface area contributed by atoms with Crippen LogP contribution in [-0.4, -0.2) is 43.2 Å². The Hall–Kier alpha value is -2.91. The number of hydrogen-bond acceptors (Lipinski definition) is 5. The highest BCUT2D eigenvalue weighted by molar-refractivity contribution is 7.89. The van der Waals surface area contributed by atoms with Crippen LogP contribution in [0, 0.1) is 6.92 Å². The van der Waals surface area contributed by atoms with Gasteiger partial charge in [0.1, 0.15) is 5.75 Å². The molecule has 0 aliphatic carbocycles. The molecule has 2 rings (SSSR count). The van der Waals surface area contributed by atoms with Crippen LogP contribution in [0.2, 0.25) is 0 Å². The van der Waals surface area contributed by atoms with Gasteiger partial charge in [-0.2, -0.15) is 4.31 Å². The zero-order chi connectivity index (χ0) is 20.2. The van der Waals surface area contributed by atoms with E-state index in [4.69, 9.17) is 0 Å². The number of anilines is 2. The van der Waals surface area contributed by atoms with Gasteiger partial charge in [0.05, 0.1) is 17.1 Å². The Morgan fingerprint density at radius 3 is 2.26 bits per heavy atom. The minimum Gasteiger partial charge on any atom is -0.506 e. The molecular formula is C18H21N3O5S. The molecule has 0 radical (unpaired) electrons. The van der Waals surface area contributed by atoms with Crippen LogP contribution in [0.1, 0.15) is 12.5 Å². The number of nitrogens with zero attached hydrogens (tertiary/aromatic N) is 1. The van der Waals surface area contributed by atoms with Gasteiger partial charge in [0.2, 0.25) is 21.8 Å². The van der Waals surface area contributed by atoms with E-state index < -0.39 is 22.5 Å². The van der Waals surface area contributed by atoms with Crippen LogP contribution in [0.4, 0.5) is 11.4 Å². The molecule has 2 aromatic carbocycles. The van der Waals surface area contributed by atoms with Crippen molar-refractivity contribution in [1.82, 2.24) is 4.31 Å². The van der Waals surface area contributed by atoms with Crippen molar-refractivity contribution >= 4 is 33.2 Å². The zero-order valence-electron chi connectivity index (χ0n) is 15.2. The number of likely N-dealkylation sites (N-methyl/N-ethyl adjacent to an activating group) is 1. The third kappa shape index (κ3) is 5.28. The van der Waals surface area contributed by atoms with Crippen molar-refractivity contribution in [2.75, 3.05) is 24.2 Å². The van der Waals surface area contributed by atoms with Crippen LogP contribution in [0.15, 0.2) is 47.4 Å². The number of benzene rings is 2. The van der Waals surface area contributed by atoms with Crippen molar-refractivity contribution < 1.29 is 23.1 Å². The fourth-order valence-electron chi connectivity index (χ4n) is 2.32. The Kier molecular flexibility index (Phi) is 6.19. The molecule has 8 nitrogen and oxygen atoms in total. The van der Waals surface area contributed by atoms with Gasteiger partial charge in [-0.3, -0.25) is 9.59 Å². The van der Waals surface area contributed by atoms with Gasteiger partial charge < -0.3 is 15.7 Å². The fraction of sp³-hybridized carbons (Fsp3) is 0.222. The molecule has 27 heavy (non-hydrogen) atoms. The van der Waals surface area contributed by atoms with Crippen LogP contribution < -0.4 is 10.6 Å². The quantitative estimate of drug-likeness (QED) is 0.651. The molecule has 3 N–H and O–H groups in total. The maximum atomic E-state index is 12.6. The maximum absolute atomic E-state index is 12.6. The molecule has 0 heterocycles. The van der Waals surface area contributed by atoms with Gasteiger partial charge in [-0.15, -0.1) is 0 Å². The molecule has 0 spiro atoms. The van der Waals surface area contributed by atoms with Crippen molar-refractivity contribution in [3.63, 3.8) is 0 Å². The van der Waals surface area contributed by atoms with Gasteiger partial charge in [-0.1, -0.05) is 6.07 Å². The second-order valence-electron chi connectivity index (χ2n) is 6.04. The van der Waals surface area contributed by atoms with Crippen LogP contribution in [-0.2, 0) is 19.6 Å². The molecule has 0 aromatic heterocycles. The standard InChI is InChI=1S/C18H21N3O5S/c1-12-4-9-16(17(23)10-12)20-18(24)11-21(3)27(25,26)15-7-5-14(6-8-15)19-13(2)22/h4-10,23H,11H2,1-3H3,(H,19,22)(H,20,24). The number of phenolic OH excluding ortho intramolecular Hbond substituents is 1. The molecule has 0 aliphatic rings. The van der Waals surface area contributed by atoms with Crippen molar-refractivity contribution in [3.05, 3.63) is 48.0 Å². The summed E-state index contributed by atoms with van der Waals surface area (Å²) in [4.78, 5) is 23.1. The lowest BCUT2D eigenvalue weighted by Gasteiger charge is -2.17. The highest BCUT2D eigenvalue weighted by Crippen LogP contribution is 2.24. The number of hydrogen-bond donors (Lipinski definition) is 3. The molecule has 0 unspecified atom stereocenters. The van der Waals surface area contributed by atoms with Gasteiger partial charge in [-0.05, 0) is 48.9 Å². The van der Waals surface area contributed by atoms with Gasteiger partial charge in [0.15, 0.2) is 0 Å². The van der Waals surface area contributed by atoms with E-state index in [1.807, 2.05) is 0 Å². The third-order valence-corrected chi connectivity index (χ3v) is 5.49. The maximum Gasteiger partial charge on any atom is 0.243 e. The number of carbonyl (C=O) groups excluding carboxylic acids is 2. The van der Waals surface area contributed by atoms with Crippen molar-refractivity contribution in [1.29, 1.82) is 0 Å². The van der Waals surface area contributed by atoms with Crippen LogP contribution >= 0.6 is 0 Å². The van der Waals surface area contributed by atoms with E-state index in [-0.39, 0.29) is 22.2 Å². The normalized spacial score (nSPS) is 11.3. The molecule has 2 aromatic rings. The molecule has 144 valence electrons. The first-order chi connectivity index (χ1) is 12.6. The van der Waals surface area contributed by atoms with E-state index in [1.54, 1.807) is 13.0 Å². The Bertz CT molecular complexity index is 955. The SMILES string of the molecule is CC(=O)Nc1ccc(S(=O)(=O)N(C)CC(=O)Nc2ccc(C)cc2O)cc1. The van der Waals surface area contributed by atoms with E-state index >= 15 is 0 Å². The van der Waals surface area contributed by atoms with E-state index in [0.717, 1.165) is 9.87 Å². The van der Waals surface area contributed by atoms with Gasteiger partial charge in [-0.25, -0.2) is 8.42 Å². The molecule has 9 heteroatoms. The summed E-state index contributed by atoms with van der Waals surface area (Å²) in [5.74, 6) is -0.948. The highest BCUT2D eigenvalue weighted by atomic mass is 32.2. The van der Waals surface area contributed by atoms with Gasteiger partial charge >= 0.3 is 0 Å². The number of carbonyl (C=O) groups is 2. The minimum atomic E-state index is -3.89. The van der Waals surface area contributed by atoms with Crippen molar-refractivity contribution in [2.45, 2.75) is 18.7 Å². The summed E-state index contributed by atoms with van der Waals surface area (Å²) in [6.07, 6.45) is 0. The highest BCUT2D eigenvalue weighted by Gasteiger charge is 2.23. The molecule has 0 bridgehead atoms. The molecule has 0 saturated carbocycles. The van der Waals surface area contributed by atoms with Crippen LogP contribution in [0.3, 0.4) is 0 Å². The third-order valence-electron chi connectivity index (χ3n) is 3.68. The largest absolute Gasteiger partial charge is 0.506 e. The number of aryl methyl sites for hydroxylation is 1. The predicted molar refractivity (Wildman–Crippen MR) is 102 cm³/mol. The first kappa shape index (κ1) is 20.4. The number of aromatic hydroxyl groups is 1. The number of rotatable bonds is 6. The van der Waals surface area contributed by atoms with E-state index in [1.165, 1.54) is 50.4 Å². The van der Waals surface area contributed by atoms with Gasteiger partial charge in [0, 0.05) is 19.7 Å². The Balaban J connectivity index is 2.07. The summed E-state index contributed by atoms with van der Waals surface area (Å²) in [5.41, 5.74) is 1.50. The second kappa shape index (κ2) is 8.19. The second-order valence-corrected chi connectivity index (χ2v) is 8.08. The van der Waals surface area contributed by atoms with E-state index in [2.05, 4.69) is 10.6 Å². The Morgan fingerprint density at radius 1 is 1.07 bits per heavy atom. The molecule has 0 aliphatic heterocycles. The average molecular weight is 391 g/mol. The lowest BCUT2D eigenvalue weighted by atomic mass is 10.2. The monoisotopic (exact) mass is 391 g/mol. The summed E-state index contributed by atoms with van der Waals surface area (Å²) in [6.45, 7) is 2.72. The average Bonchev–Trinajstić information content (AvgIpc) is 2.57. The number of sulfonamides is 1. The number of amides is 2. The zero-order valence-corrected chi connectivity index (χ0v) is 16.0. The Morgan fingerprint density at radius 2 is 1.70 bits per heavy atom. The molecule has 0 saturated heterocycles. The predicted octanol–water partition coefficient (Wildman–Crippen LogP) is 1.92. The van der Waals surface area contributed by atoms with Crippen LogP contribution in [0.25, 0.3) is 0 Å². The smallest absolute Gasteiger partial charge is 0.243 e.